The maximum atomic E-state index is 12.6. The Morgan fingerprint density at radius 3 is 2.83 bits per heavy atom. The zero-order valence-corrected chi connectivity index (χ0v) is 14.6. The molecule has 2 rings (SSSR count). The highest BCUT2D eigenvalue weighted by Gasteiger charge is 2.26. The summed E-state index contributed by atoms with van der Waals surface area (Å²) in [5, 5.41) is 4.60. The van der Waals surface area contributed by atoms with Crippen LogP contribution in [0, 0.1) is 0 Å². The smallest absolute Gasteiger partial charge is 0.282 e. The monoisotopic (exact) mass is 354 g/mol. The summed E-state index contributed by atoms with van der Waals surface area (Å²) in [5.41, 5.74) is 0.466. The fourth-order valence-electron chi connectivity index (χ4n) is 2.33. The molecule has 0 radical (unpaired) electrons. The number of nitrogens with zero attached hydrogens (tertiary/aromatic N) is 1. The Kier molecular flexibility index (Phi) is 6.50. The average Bonchev–Trinajstić information content (AvgIpc) is 2.60. The SMILES string of the molecule is C=CC[NH2+][C@H](C)C(=O)Nc1cccc(S(=O)(=O)N2CCOCC2)c1. The van der Waals surface area contributed by atoms with Gasteiger partial charge in [-0.3, -0.25) is 4.79 Å². The van der Waals surface area contributed by atoms with Crippen molar-refractivity contribution in [3.8, 4) is 0 Å². The van der Waals surface area contributed by atoms with E-state index in [0.717, 1.165) is 0 Å². The molecule has 24 heavy (non-hydrogen) atoms. The lowest BCUT2D eigenvalue weighted by atomic mass is 10.2. The number of carbonyl (C=O) groups is 1. The fraction of sp³-hybridized carbons (Fsp3) is 0.438. The first-order valence-electron chi connectivity index (χ1n) is 7.88. The Bertz CT molecular complexity index is 684. The lowest BCUT2D eigenvalue weighted by Gasteiger charge is -2.26. The van der Waals surface area contributed by atoms with Crippen molar-refractivity contribution in [3.63, 3.8) is 0 Å². The average molecular weight is 354 g/mol. The zero-order valence-electron chi connectivity index (χ0n) is 13.8. The molecule has 1 aliphatic rings. The molecule has 0 spiro atoms. The van der Waals surface area contributed by atoms with Crippen molar-refractivity contribution in [2.45, 2.75) is 17.9 Å². The Labute approximate surface area is 142 Å². The second-order valence-corrected chi connectivity index (χ2v) is 7.52. The molecular formula is C16H24N3O4S+. The summed E-state index contributed by atoms with van der Waals surface area (Å²) >= 11 is 0. The molecule has 1 aromatic rings. The number of nitrogens with two attached hydrogens (primary N) is 1. The topological polar surface area (TPSA) is 92.3 Å². The van der Waals surface area contributed by atoms with Gasteiger partial charge in [0.25, 0.3) is 5.91 Å². The van der Waals surface area contributed by atoms with Crippen LogP contribution in [-0.2, 0) is 19.6 Å². The quantitative estimate of drug-likeness (QED) is 0.663. The van der Waals surface area contributed by atoms with E-state index in [1.54, 1.807) is 25.1 Å². The van der Waals surface area contributed by atoms with E-state index in [2.05, 4.69) is 11.9 Å². The van der Waals surface area contributed by atoms with Gasteiger partial charge >= 0.3 is 0 Å². The van der Waals surface area contributed by atoms with Crippen LogP contribution in [0.4, 0.5) is 5.69 Å². The maximum Gasteiger partial charge on any atom is 0.282 e. The third kappa shape index (κ3) is 4.64. The van der Waals surface area contributed by atoms with Gasteiger partial charge in [-0.05, 0) is 31.2 Å². The number of hydrogen-bond acceptors (Lipinski definition) is 4. The van der Waals surface area contributed by atoms with Crippen molar-refractivity contribution >= 4 is 21.6 Å². The molecule has 132 valence electrons. The second-order valence-electron chi connectivity index (χ2n) is 5.58. The van der Waals surface area contributed by atoms with Crippen molar-refractivity contribution in [3.05, 3.63) is 36.9 Å². The minimum atomic E-state index is -3.57. The molecule has 1 aromatic carbocycles. The number of nitrogens with one attached hydrogen (secondary N) is 1. The third-order valence-corrected chi connectivity index (χ3v) is 5.67. The van der Waals surface area contributed by atoms with E-state index < -0.39 is 10.0 Å². The molecule has 0 aromatic heterocycles. The van der Waals surface area contributed by atoms with Gasteiger partial charge in [0.2, 0.25) is 10.0 Å². The van der Waals surface area contributed by atoms with Gasteiger partial charge in [0.15, 0.2) is 6.04 Å². The molecule has 1 aliphatic heterocycles. The van der Waals surface area contributed by atoms with Gasteiger partial charge in [-0.15, -0.1) is 0 Å². The number of rotatable bonds is 7. The Morgan fingerprint density at radius 2 is 2.17 bits per heavy atom. The first-order valence-corrected chi connectivity index (χ1v) is 9.32. The van der Waals surface area contributed by atoms with Gasteiger partial charge in [-0.2, -0.15) is 4.31 Å². The first kappa shape index (κ1) is 18.6. The van der Waals surface area contributed by atoms with Crippen molar-refractivity contribution < 1.29 is 23.3 Å². The van der Waals surface area contributed by atoms with Gasteiger partial charge in [0.05, 0.1) is 24.7 Å². The molecule has 7 nitrogen and oxygen atoms in total. The maximum absolute atomic E-state index is 12.6. The van der Waals surface area contributed by atoms with E-state index in [-0.39, 0.29) is 16.8 Å². The van der Waals surface area contributed by atoms with Gasteiger partial charge in [-0.1, -0.05) is 12.6 Å². The number of anilines is 1. The Balaban J connectivity index is 2.10. The van der Waals surface area contributed by atoms with Gasteiger partial charge in [0.1, 0.15) is 0 Å². The van der Waals surface area contributed by atoms with Crippen LogP contribution in [0.2, 0.25) is 0 Å². The van der Waals surface area contributed by atoms with E-state index >= 15 is 0 Å². The Morgan fingerprint density at radius 1 is 1.46 bits per heavy atom. The van der Waals surface area contributed by atoms with E-state index in [4.69, 9.17) is 4.74 Å². The molecule has 1 saturated heterocycles. The largest absolute Gasteiger partial charge is 0.379 e. The van der Waals surface area contributed by atoms with Crippen LogP contribution in [-0.4, -0.2) is 57.5 Å². The van der Waals surface area contributed by atoms with Crippen LogP contribution in [0.5, 0.6) is 0 Å². The normalized spacial score (nSPS) is 17.2. The molecular weight excluding hydrogens is 330 g/mol. The number of morpholine rings is 1. The highest BCUT2D eigenvalue weighted by atomic mass is 32.2. The number of amides is 1. The van der Waals surface area contributed by atoms with Crippen molar-refractivity contribution in [1.82, 2.24) is 4.31 Å². The van der Waals surface area contributed by atoms with E-state index in [0.29, 0.717) is 38.5 Å². The summed E-state index contributed by atoms with van der Waals surface area (Å²) in [4.78, 5) is 12.3. The third-order valence-electron chi connectivity index (χ3n) is 3.78. The lowest BCUT2D eigenvalue weighted by Crippen LogP contribution is -2.91. The Hall–Kier alpha value is -1.74. The van der Waals surface area contributed by atoms with E-state index in [1.165, 1.54) is 16.4 Å². The first-order chi connectivity index (χ1) is 11.4. The number of ether oxygens (including phenoxy) is 1. The number of carbonyl (C=O) groups excluding carboxylic acids is 1. The van der Waals surface area contributed by atoms with Gasteiger partial charge in [0, 0.05) is 18.8 Å². The van der Waals surface area contributed by atoms with Crippen molar-refractivity contribution in [2.24, 2.45) is 0 Å². The van der Waals surface area contributed by atoms with Crippen LogP contribution >= 0.6 is 0 Å². The van der Waals surface area contributed by atoms with Crippen LogP contribution in [0.15, 0.2) is 41.8 Å². The predicted molar refractivity (Wildman–Crippen MR) is 91.1 cm³/mol. The molecule has 0 aliphatic carbocycles. The molecule has 0 saturated carbocycles. The molecule has 1 heterocycles. The molecule has 3 N–H and O–H groups in total. The highest BCUT2D eigenvalue weighted by Crippen LogP contribution is 2.20. The van der Waals surface area contributed by atoms with Crippen molar-refractivity contribution in [2.75, 3.05) is 38.2 Å². The number of benzene rings is 1. The minimum Gasteiger partial charge on any atom is -0.379 e. The van der Waals surface area contributed by atoms with E-state index in [1.807, 2.05) is 5.32 Å². The van der Waals surface area contributed by atoms with Crippen LogP contribution < -0.4 is 10.6 Å². The second kappa shape index (κ2) is 8.39. The molecule has 1 fully saturated rings. The predicted octanol–water partition coefficient (Wildman–Crippen LogP) is -0.216. The summed E-state index contributed by atoms with van der Waals surface area (Å²) in [6, 6.07) is 6.04. The van der Waals surface area contributed by atoms with Crippen LogP contribution in [0.1, 0.15) is 6.92 Å². The van der Waals surface area contributed by atoms with Crippen LogP contribution in [0.3, 0.4) is 0 Å². The van der Waals surface area contributed by atoms with Crippen molar-refractivity contribution in [1.29, 1.82) is 0 Å². The summed E-state index contributed by atoms with van der Waals surface area (Å²) in [6.07, 6.45) is 1.72. The number of sulfonamides is 1. The van der Waals surface area contributed by atoms with Gasteiger partial charge < -0.3 is 15.4 Å². The summed E-state index contributed by atoms with van der Waals surface area (Å²) < 4.78 is 31.9. The highest BCUT2D eigenvalue weighted by molar-refractivity contribution is 7.89. The summed E-state index contributed by atoms with van der Waals surface area (Å²) in [6.45, 7) is 7.51. The minimum absolute atomic E-state index is 0.171. The molecule has 1 amide bonds. The zero-order chi connectivity index (χ0) is 17.6. The van der Waals surface area contributed by atoms with Gasteiger partial charge in [-0.25, -0.2) is 8.42 Å². The molecule has 8 heteroatoms. The van der Waals surface area contributed by atoms with Crippen LogP contribution in [0.25, 0.3) is 0 Å². The molecule has 0 bridgehead atoms. The molecule has 1 atom stereocenters. The standard InChI is InChI=1S/C16H23N3O4S/c1-3-7-17-13(2)16(20)18-14-5-4-6-15(12-14)24(21,22)19-8-10-23-11-9-19/h3-6,12-13,17H,1,7-11H2,2H3,(H,18,20)/p+1/t13-/m1/s1. The number of quaternary nitrogens is 1. The fourth-order valence-corrected chi connectivity index (χ4v) is 3.79. The summed E-state index contributed by atoms with van der Waals surface area (Å²) in [5.74, 6) is -0.183. The molecule has 0 unspecified atom stereocenters. The number of hydrogen-bond donors (Lipinski definition) is 2. The lowest BCUT2D eigenvalue weighted by molar-refractivity contribution is -0.664. The summed E-state index contributed by atoms with van der Waals surface area (Å²) in [7, 11) is -3.57. The van der Waals surface area contributed by atoms with E-state index in [9.17, 15) is 13.2 Å².